The maximum absolute atomic E-state index is 15.0. The number of benzene rings is 2. The van der Waals surface area contributed by atoms with Gasteiger partial charge in [-0.25, -0.2) is 0 Å². The van der Waals surface area contributed by atoms with E-state index in [-0.39, 0.29) is 30.9 Å². The monoisotopic (exact) mass is 603 g/mol. The van der Waals surface area contributed by atoms with Crippen molar-refractivity contribution in [2.24, 2.45) is 17.8 Å². The predicted molar refractivity (Wildman–Crippen MR) is 169 cm³/mol. The molecule has 1 spiro atoms. The Hall–Kier alpha value is -3.69. The van der Waals surface area contributed by atoms with E-state index in [1.807, 2.05) is 68.4 Å². The van der Waals surface area contributed by atoms with E-state index in [4.69, 9.17) is 9.47 Å². The summed E-state index contributed by atoms with van der Waals surface area (Å²) in [6, 6.07) is 15.1. The van der Waals surface area contributed by atoms with Crippen LogP contribution in [0.5, 0.6) is 0 Å². The fourth-order valence-corrected chi connectivity index (χ4v) is 7.94. The predicted octanol–water partition coefficient (Wildman–Crippen LogP) is 4.36. The first-order valence-electron chi connectivity index (χ1n) is 15.7. The topological polar surface area (TPSA) is 99.6 Å². The second-order valence-corrected chi connectivity index (χ2v) is 12.2. The number of esters is 1. The molecule has 0 saturated carbocycles. The number of likely N-dealkylation sites (tertiary alicyclic amines) is 1. The molecule has 0 radical (unpaired) electrons. The lowest BCUT2D eigenvalue weighted by Gasteiger charge is -2.39. The van der Waals surface area contributed by atoms with E-state index in [1.165, 1.54) is 4.90 Å². The van der Waals surface area contributed by atoms with Gasteiger partial charge in [0.1, 0.15) is 17.6 Å². The summed E-state index contributed by atoms with van der Waals surface area (Å²) >= 11 is 0. The maximum Gasteiger partial charge on any atom is 0.312 e. The number of carbonyl (C=O) groups is 3. The summed E-state index contributed by atoms with van der Waals surface area (Å²) in [5.74, 6) is -3.14. The van der Waals surface area contributed by atoms with Crippen LogP contribution in [0.3, 0.4) is 0 Å². The summed E-state index contributed by atoms with van der Waals surface area (Å²) in [6.07, 6.45) is 2.07. The van der Waals surface area contributed by atoms with Crippen molar-refractivity contribution in [1.82, 2.24) is 4.90 Å². The van der Waals surface area contributed by atoms with Crippen molar-refractivity contribution in [3.05, 3.63) is 72.8 Å². The van der Waals surface area contributed by atoms with Crippen LogP contribution < -0.4 is 9.80 Å². The minimum atomic E-state index is -1.28. The highest BCUT2D eigenvalue weighted by atomic mass is 16.6. The van der Waals surface area contributed by atoms with Crippen LogP contribution in [0.15, 0.2) is 67.3 Å². The molecule has 236 valence electrons. The van der Waals surface area contributed by atoms with Crippen LogP contribution in [0.1, 0.15) is 52.6 Å². The van der Waals surface area contributed by atoms with Crippen molar-refractivity contribution in [1.29, 1.82) is 0 Å². The van der Waals surface area contributed by atoms with E-state index in [0.29, 0.717) is 17.7 Å². The Morgan fingerprint density at radius 3 is 2.32 bits per heavy atom. The summed E-state index contributed by atoms with van der Waals surface area (Å²) in [5.41, 5.74) is 0.141. The zero-order chi connectivity index (χ0) is 31.8. The molecule has 0 aliphatic carbocycles. The molecule has 2 amide bonds. The van der Waals surface area contributed by atoms with E-state index >= 15 is 4.79 Å². The van der Waals surface area contributed by atoms with Gasteiger partial charge in [-0.2, -0.15) is 0 Å². The van der Waals surface area contributed by atoms with Crippen molar-refractivity contribution in [3.8, 4) is 0 Å². The van der Waals surface area contributed by atoms with Gasteiger partial charge in [0.25, 0.3) is 5.91 Å². The highest BCUT2D eigenvalue weighted by Crippen LogP contribution is 2.66. The molecule has 2 bridgehead atoms. The molecule has 7 atom stereocenters. The van der Waals surface area contributed by atoms with Crippen LogP contribution in [-0.4, -0.2) is 77.9 Å². The number of anilines is 2. The first kappa shape index (κ1) is 31.7. The minimum absolute atomic E-state index is 0.123. The van der Waals surface area contributed by atoms with Gasteiger partial charge in [-0.1, -0.05) is 43.3 Å². The average molecular weight is 604 g/mol. The molecule has 2 aromatic carbocycles. The minimum Gasteiger partial charge on any atom is -0.466 e. The van der Waals surface area contributed by atoms with Crippen LogP contribution in [-0.2, 0) is 23.9 Å². The van der Waals surface area contributed by atoms with Crippen LogP contribution in [0.4, 0.5) is 11.4 Å². The van der Waals surface area contributed by atoms with Crippen molar-refractivity contribution in [3.63, 3.8) is 0 Å². The van der Waals surface area contributed by atoms with E-state index in [9.17, 15) is 14.7 Å². The van der Waals surface area contributed by atoms with E-state index < -0.39 is 47.7 Å². The molecular formula is C35H45N3O6. The number of aliphatic hydroxyl groups is 1. The number of ether oxygens (including phenoxy) is 2. The number of hydrogen-bond acceptors (Lipinski definition) is 7. The zero-order valence-electron chi connectivity index (χ0n) is 26.4. The summed E-state index contributed by atoms with van der Waals surface area (Å²) in [6.45, 7) is 15.4. The Bertz CT molecular complexity index is 1380. The molecule has 3 saturated heterocycles. The Labute approximate surface area is 260 Å². The fourth-order valence-electron chi connectivity index (χ4n) is 7.94. The molecular weight excluding hydrogens is 558 g/mol. The van der Waals surface area contributed by atoms with Crippen LogP contribution in [0.25, 0.3) is 0 Å². The van der Waals surface area contributed by atoms with E-state index in [2.05, 4.69) is 25.3 Å². The molecule has 3 aliphatic heterocycles. The summed E-state index contributed by atoms with van der Waals surface area (Å²) < 4.78 is 12.3. The van der Waals surface area contributed by atoms with Gasteiger partial charge < -0.3 is 29.3 Å². The molecule has 3 aliphatic rings. The van der Waals surface area contributed by atoms with Gasteiger partial charge in [0.15, 0.2) is 0 Å². The number of amides is 2. The Balaban J connectivity index is 1.65. The largest absolute Gasteiger partial charge is 0.466 e. The third-order valence-corrected chi connectivity index (χ3v) is 10.1. The van der Waals surface area contributed by atoms with Crippen molar-refractivity contribution >= 4 is 29.2 Å². The highest BCUT2D eigenvalue weighted by molar-refractivity contribution is 6.05. The third kappa shape index (κ3) is 4.81. The maximum atomic E-state index is 15.0. The normalized spacial score (nSPS) is 29.3. The Morgan fingerprint density at radius 2 is 1.75 bits per heavy atom. The molecule has 3 heterocycles. The molecule has 5 rings (SSSR count). The Kier molecular flexibility index (Phi) is 8.92. The standard InChI is InChI=1S/C35H45N3O6/c1-7-20-37(26-18-16-25(17-19-26)36(8-2)9-3)32(41)30-35-21-23(5)34(6,44-35)29(33(42)43-10-4)28(35)31(40)38(30)27(22-39)24-14-12-11-13-15-24/h7,11-19,23,27-30,39H,1,8-10,20-22H2,2-6H3/t23?,27-,28+,29-,30?,34+,35?/m1/s1. The summed E-state index contributed by atoms with van der Waals surface area (Å²) in [5, 5.41) is 10.8. The SMILES string of the molecule is C=CCN(C(=O)C1N([C@H](CO)c2ccccc2)C(=O)[C@@H]2[C@H](C(=O)OCC)[C@@]3(C)OC12CC3C)c1ccc(N(CC)CC)cc1. The molecule has 9 heteroatoms. The lowest BCUT2D eigenvalue weighted by Crippen LogP contribution is -2.57. The lowest BCUT2D eigenvalue weighted by atomic mass is 9.62. The number of hydrogen-bond donors (Lipinski definition) is 1. The van der Waals surface area contributed by atoms with Crippen molar-refractivity contribution in [2.45, 2.75) is 64.3 Å². The van der Waals surface area contributed by atoms with Gasteiger partial charge >= 0.3 is 5.97 Å². The zero-order valence-corrected chi connectivity index (χ0v) is 26.4. The van der Waals surface area contributed by atoms with E-state index in [1.54, 1.807) is 17.9 Å². The number of nitrogens with zero attached hydrogens (tertiary/aromatic N) is 3. The second-order valence-electron chi connectivity index (χ2n) is 12.2. The lowest BCUT2D eigenvalue weighted by molar-refractivity contribution is -0.162. The average Bonchev–Trinajstić information content (AvgIpc) is 3.54. The molecule has 9 nitrogen and oxygen atoms in total. The van der Waals surface area contributed by atoms with Gasteiger partial charge in [-0.15, -0.1) is 6.58 Å². The number of rotatable bonds is 12. The van der Waals surface area contributed by atoms with Crippen LogP contribution in [0, 0.1) is 17.8 Å². The quantitative estimate of drug-likeness (QED) is 0.284. The fraction of sp³-hybridized carbons (Fsp3) is 0.514. The number of fused-ring (bicyclic) bond motifs is 1. The van der Waals surface area contributed by atoms with Crippen molar-refractivity contribution < 1.29 is 29.0 Å². The van der Waals surface area contributed by atoms with Gasteiger partial charge in [0, 0.05) is 31.0 Å². The molecule has 2 aromatic rings. The van der Waals surface area contributed by atoms with Gasteiger partial charge in [0.2, 0.25) is 5.91 Å². The molecule has 0 aromatic heterocycles. The van der Waals surface area contributed by atoms with Gasteiger partial charge in [-0.05, 0) is 69.9 Å². The molecule has 3 unspecified atom stereocenters. The van der Waals surface area contributed by atoms with Crippen molar-refractivity contribution in [2.75, 3.05) is 42.6 Å². The van der Waals surface area contributed by atoms with Crippen LogP contribution in [0.2, 0.25) is 0 Å². The molecule has 44 heavy (non-hydrogen) atoms. The van der Waals surface area contributed by atoms with Crippen LogP contribution >= 0.6 is 0 Å². The summed E-state index contributed by atoms with van der Waals surface area (Å²) in [4.78, 5) is 48.5. The smallest absolute Gasteiger partial charge is 0.312 e. The third-order valence-electron chi connectivity index (χ3n) is 10.1. The Morgan fingerprint density at radius 1 is 1.11 bits per heavy atom. The van der Waals surface area contributed by atoms with E-state index in [0.717, 1.165) is 18.8 Å². The summed E-state index contributed by atoms with van der Waals surface area (Å²) in [7, 11) is 0. The van der Waals surface area contributed by atoms with Gasteiger partial charge in [0.05, 0.1) is 30.8 Å². The highest BCUT2D eigenvalue weighted by Gasteiger charge is 2.81. The molecule has 1 N–H and O–H groups in total. The first-order chi connectivity index (χ1) is 21.1. The van der Waals surface area contributed by atoms with Gasteiger partial charge in [-0.3, -0.25) is 14.4 Å². The number of aliphatic hydroxyl groups excluding tert-OH is 1. The second kappa shape index (κ2) is 12.4. The molecule has 3 fully saturated rings. The number of carbonyl (C=O) groups excluding carboxylic acids is 3. The first-order valence-corrected chi connectivity index (χ1v) is 15.7.